The number of carbonyl (C=O) groups is 2. The van der Waals surface area contributed by atoms with Gasteiger partial charge in [0.25, 0.3) is 0 Å². The van der Waals surface area contributed by atoms with Crippen molar-refractivity contribution in [1.82, 2.24) is 10.3 Å². The highest BCUT2D eigenvalue weighted by atomic mass is 16.5. The van der Waals surface area contributed by atoms with Crippen LogP contribution in [0.15, 0.2) is 10.6 Å². The number of nitrogens with one attached hydrogen (secondary N) is 1. The Morgan fingerprint density at radius 1 is 1.47 bits per heavy atom. The van der Waals surface area contributed by atoms with E-state index in [-0.39, 0.29) is 31.3 Å². The quantitative estimate of drug-likeness (QED) is 0.748. The predicted octanol–water partition coefficient (Wildman–Crippen LogP) is 0.943. The molecule has 0 aliphatic carbocycles. The van der Waals surface area contributed by atoms with Gasteiger partial charge in [-0.05, 0) is 13.8 Å². The number of esters is 1. The predicted molar refractivity (Wildman–Crippen MR) is 59.0 cm³/mol. The highest BCUT2D eigenvalue weighted by Crippen LogP contribution is 2.01. The lowest BCUT2D eigenvalue weighted by Crippen LogP contribution is -2.23. The van der Waals surface area contributed by atoms with Gasteiger partial charge in [-0.15, -0.1) is 0 Å². The van der Waals surface area contributed by atoms with Crippen LogP contribution >= 0.6 is 0 Å². The van der Waals surface area contributed by atoms with E-state index in [2.05, 4.69) is 10.3 Å². The van der Waals surface area contributed by atoms with Crippen molar-refractivity contribution >= 4 is 11.9 Å². The second kappa shape index (κ2) is 6.67. The van der Waals surface area contributed by atoms with Crippen LogP contribution in [0.1, 0.15) is 31.4 Å². The minimum absolute atomic E-state index is 0.0876. The van der Waals surface area contributed by atoms with Gasteiger partial charge in [-0.25, -0.2) is 4.98 Å². The van der Waals surface area contributed by atoms with Gasteiger partial charge < -0.3 is 14.5 Å². The zero-order valence-corrected chi connectivity index (χ0v) is 9.99. The van der Waals surface area contributed by atoms with Gasteiger partial charge >= 0.3 is 5.97 Å². The molecule has 0 aliphatic heterocycles. The molecular weight excluding hydrogens is 224 g/mol. The van der Waals surface area contributed by atoms with E-state index in [0.29, 0.717) is 18.3 Å². The first kappa shape index (κ1) is 13.2. The lowest BCUT2D eigenvalue weighted by atomic mass is 10.3. The summed E-state index contributed by atoms with van der Waals surface area (Å²) in [7, 11) is 0. The molecule has 94 valence electrons. The van der Waals surface area contributed by atoms with Crippen molar-refractivity contribution in [3.05, 3.63) is 17.8 Å². The summed E-state index contributed by atoms with van der Waals surface area (Å²) in [6.07, 6.45) is 1.78. The molecular formula is C11H16N2O4. The van der Waals surface area contributed by atoms with Crippen molar-refractivity contribution in [3.8, 4) is 0 Å². The number of hydrogen-bond donors (Lipinski definition) is 1. The van der Waals surface area contributed by atoms with Gasteiger partial charge in [-0.2, -0.15) is 0 Å². The van der Waals surface area contributed by atoms with Gasteiger partial charge in [0.05, 0.1) is 25.8 Å². The second-order valence-electron chi connectivity index (χ2n) is 3.45. The maximum atomic E-state index is 11.3. The number of hydrogen-bond acceptors (Lipinski definition) is 5. The first-order chi connectivity index (χ1) is 8.11. The maximum absolute atomic E-state index is 11.3. The first-order valence-corrected chi connectivity index (χ1v) is 5.45. The van der Waals surface area contributed by atoms with E-state index in [0.717, 1.165) is 0 Å². The van der Waals surface area contributed by atoms with E-state index in [4.69, 9.17) is 9.15 Å². The van der Waals surface area contributed by atoms with Crippen molar-refractivity contribution in [2.45, 2.75) is 33.2 Å². The summed E-state index contributed by atoms with van der Waals surface area (Å²) in [6, 6.07) is 0. The first-order valence-electron chi connectivity index (χ1n) is 5.45. The van der Waals surface area contributed by atoms with E-state index < -0.39 is 0 Å². The highest BCUT2D eigenvalue weighted by Gasteiger charge is 2.08. The summed E-state index contributed by atoms with van der Waals surface area (Å²) in [4.78, 5) is 26.3. The fourth-order valence-corrected chi connectivity index (χ4v) is 1.19. The average Bonchev–Trinajstić information content (AvgIpc) is 2.70. The molecule has 6 nitrogen and oxygen atoms in total. The Balaban J connectivity index is 2.19. The fourth-order valence-electron chi connectivity index (χ4n) is 1.19. The molecule has 1 amide bonds. The molecule has 0 saturated carbocycles. The molecule has 0 fully saturated rings. The molecule has 0 aromatic carbocycles. The number of nitrogens with zero attached hydrogens (tertiary/aromatic N) is 1. The summed E-state index contributed by atoms with van der Waals surface area (Å²) in [6.45, 7) is 4.06. The summed E-state index contributed by atoms with van der Waals surface area (Å²) < 4.78 is 9.89. The molecule has 1 N–H and O–H groups in total. The third kappa shape index (κ3) is 5.14. The van der Waals surface area contributed by atoms with Gasteiger partial charge in [0.2, 0.25) is 11.8 Å². The molecule has 0 unspecified atom stereocenters. The van der Waals surface area contributed by atoms with Crippen LogP contribution in [0.2, 0.25) is 0 Å². The fraction of sp³-hybridized carbons (Fsp3) is 0.545. The molecule has 0 bridgehead atoms. The van der Waals surface area contributed by atoms with E-state index in [9.17, 15) is 9.59 Å². The van der Waals surface area contributed by atoms with Crippen LogP contribution in [0.25, 0.3) is 0 Å². The normalized spacial score (nSPS) is 10.0. The number of amides is 1. The lowest BCUT2D eigenvalue weighted by molar-refractivity contribution is -0.144. The minimum Gasteiger partial charge on any atom is -0.466 e. The summed E-state index contributed by atoms with van der Waals surface area (Å²) in [5.74, 6) is 0.552. The van der Waals surface area contributed by atoms with Crippen LogP contribution in [-0.2, 0) is 20.9 Å². The number of aryl methyl sites for hydroxylation is 1. The van der Waals surface area contributed by atoms with Crippen LogP contribution in [0.3, 0.4) is 0 Å². The topological polar surface area (TPSA) is 81.4 Å². The molecule has 6 heteroatoms. The van der Waals surface area contributed by atoms with Crippen molar-refractivity contribution in [2.75, 3.05) is 6.61 Å². The van der Waals surface area contributed by atoms with E-state index in [1.165, 1.54) is 0 Å². The largest absolute Gasteiger partial charge is 0.466 e. The Hall–Kier alpha value is -1.85. The molecule has 0 spiro atoms. The van der Waals surface area contributed by atoms with Crippen molar-refractivity contribution < 1.29 is 18.7 Å². The van der Waals surface area contributed by atoms with Gasteiger partial charge in [0.1, 0.15) is 5.76 Å². The van der Waals surface area contributed by atoms with Crippen molar-refractivity contribution in [2.24, 2.45) is 0 Å². The van der Waals surface area contributed by atoms with Crippen LogP contribution in [0, 0.1) is 6.92 Å². The number of carbonyl (C=O) groups excluding carboxylic acids is 2. The van der Waals surface area contributed by atoms with Gasteiger partial charge in [0.15, 0.2) is 0 Å². The summed E-state index contributed by atoms with van der Waals surface area (Å²) in [5.41, 5.74) is 0. The molecule has 0 aliphatic rings. The monoisotopic (exact) mass is 240 g/mol. The molecule has 0 atom stereocenters. The second-order valence-corrected chi connectivity index (χ2v) is 3.45. The van der Waals surface area contributed by atoms with Crippen LogP contribution in [0.5, 0.6) is 0 Å². The molecule has 1 aromatic heterocycles. The van der Waals surface area contributed by atoms with Crippen molar-refractivity contribution in [1.29, 1.82) is 0 Å². The maximum Gasteiger partial charge on any atom is 0.306 e. The molecule has 1 rings (SSSR count). The van der Waals surface area contributed by atoms with E-state index in [1.807, 2.05) is 0 Å². The number of rotatable bonds is 6. The van der Waals surface area contributed by atoms with Crippen LogP contribution in [0.4, 0.5) is 0 Å². The van der Waals surface area contributed by atoms with E-state index >= 15 is 0 Å². The third-order valence-electron chi connectivity index (χ3n) is 1.97. The summed E-state index contributed by atoms with van der Waals surface area (Å²) in [5, 5.41) is 2.61. The SMILES string of the molecule is CCOC(=O)CCC(=O)NCc1ncc(C)o1. The standard InChI is InChI=1S/C11H16N2O4/c1-3-16-11(15)5-4-9(14)12-7-10-13-6-8(2)17-10/h6H,3-5,7H2,1-2H3,(H,12,14). The zero-order chi connectivity index (χ0) is 12.7. The smallest absolute Gasteiger partial charge is 0.306 e. The highest BCUT2D eigenvalue weighted by molar-refractivity contribution is 5.81. The molecule has 1 heterocycles. The van der Waals surface area contributed by atoms with Crippen LogP contribution in [-0.4, -0.2) is 23.5 Å². The van der Waals surface area contributed by atoms with E-state index in [1.54, 1.807) is 20.0 Å². The number of aromatic nitrogens is 1. The Bertz CT molecular complexity index is 387. The lowest BCUT2D eigenvalue weighted by Gasteiger charge is -2.02. The van der Waals surface area contributed by atoms with Gasteiger partial charge in [-0.1, -0.05) is 0 Å². The number of ether oxygens (including phenoxy) is 1. The summed E-state index contributed by atoms with van der Waals surface area (Å²) >= 11 is 0. The Morgan fingerprint density at radius 2 is 2.24 bits per heavy atom. The zero-order valence-electron chi connectivity index (χ0n) is 9.99. The van der Waals surface area contributed by atoms with Crippen LogP contribution < -0.4 is 5.32 Å². The number of oxazole rings is 1. The Kier molecular flexibility index (Phi) is 5.19. The Labute approximate surface area is 99.4 Å². The molecule has 17 heavy (non-hydrogen) atoms. The van der Waals surface area contributed by atoms with Gasteiger partial charge in [-0.3, -0.25) is 9.59 Å². The third-order valence-corrected chi connectivity index (χ3v) is 1.97. The minimum atomic E-state index is -0.366. The van der Waals surface area contributed by atoms with Crippen molar-refractivity contribution in [3.63, 3.8) is 0 Å². The Morgan fingerprint density at radius 3 is 2.82 bits per heavy atom. The molecule has 1 aromatic rings. The molecule has 0 radical (unpaired) electrons. The molecule has 0 saturated heterocycles. The van der Waals surface area contributed by atoms with Gasteiger partial charge in [0, 0.05) is 6.42 Å². The average molecular weight is 240 g/mol.